The van der Waals surface area contributed by atoms with Crippen LogP contribution in [0.15, 0.2) is 0 Å². The third-order valence-corrected chi connectivity index (χ3v) is 19.8. The number of carbonyl (C=O) groups excluding carboxylic acids is 1. The SMILES string of the molecule is CCCCCCCCCCCCCCCCCCCCCCCCCCCCCCCCCCC(=O)NC(COC1OC(CO)C(OC2OC(CO)C(O)C(O)C2O)C(O)C1O)C(O)CCCCCCCCCCCCCCCCCCCCCCCCCC. The van der Waals surface area contributed by atoms with Gasteiger partial charge in [0.25, 0.3) is 0 Å². The van der Waals surface area contributed by atoms with Gasteiger partial charge in [-0.15, -0.1) is 0 Å². The number of nitrogens with one attached hydrogen (secondary N) is 1. The molecule has 0 radical (unpaired) electrons. The lowest BCUT2D eigenvalue weighted by atomic mass is 9.97. The van der Waals surface area contributed by atoms with Crippen molar-refractivity contribution in [1.29, 1.82) is 0 Å². The molecule has 2 rings (SSSR count). The molecule has 9 N–H and O–H groups in total. The van der Waals surface area contributed by atoms with Crippen LogP contribution in [-0.4, -0.2) is 140 Å². The minimum atomic E-state index is -1.78. The summed E-state index contributed by atoms with van der Waals surface area (Å²) in [4.78, 5) is 13.4. The lowest BCUT2D eigenvalue weighted by Gasteiger charge is -2.46. The fourth-order valence-electron chi connectivity index (χ4n) is 13.6. The van der Waals surface area contributed by atoms with Gasteiger partial charge >= 0.3 is 0 Å². The predicted molar refractivity (Wildman–Crippen MR) is 369 cm³/mol. The minimum absolute atomic E-state index is 0.195. The summed E-state index contributed by atoms with van der Waals surface area (Å²) >= 11 is 0. The summed E-state index contributed by atoms with van der Waals surface area (Å²) in [6.45, 7) is 2.94. The quantitative estimate of drug-likeness (QED) is 0.0259. The molecule has 0 bridgehead atoms. The number of aliphatic hydroxyl groups is 8. The van der Waals surface area contributed by atoms with Crippen molar-refractivity contribution in [3.05, 3.63) is 0 Å². The maximum atomic E-state index is 13.4. The van der Waals surface area contributed by atoms with Gasteiger partial charge in [-0.1, -0.05) is 367 Å². The second kappa shape index (κ2) is 61.6. The average molecular weight is 1290 g/mol. The highest BCUT2D eigenvalue weighted by molar-refractivity contribution is 5.76. The molecule has 14 nitrogen and oxygen atoms in total. The lowest BCUT2D eigenvalue weighted by molar-refractivity contribution is -0.359. The summed E-state index contributed by atoms with van der Waals surface area (Å²) in [7, 11) is 0. The molecule has 0 spiro atoms. The second-order valence-corrected chi connectivity index (χ2v) is 28.2. The Balaban J connectivity index is 1.60. The molecule has 12 unspecified atom stereocenters. The number of ether oxygens (including phenoxy) is 4. The van der Waals surface area contributed by atoms with E-state index in [1.54, 1.807) is 0 Å². The smallest absolute Gasteiger partial charge is 0.220 e. The van der Waals surface area contributed by atoms with Crippen LogP contribution in [0.3, 0.4) is 0 Å². The van der Waals surface area contributed by atoms with E-state index in [4.69, 9.17) is 18.9 Å². The van der Waals surface area contributed by atoms with Gasteiger partial charge in [0, 0.05) is 6.42 Å². The van der Waals surface area contributed by atoms with Crippen molar-refractivity contribution >= 4 is 5.91 Å². The van der Waals surface area contributed by atoms with Gasteiger partial charge in [0.15, 0.2) is 12.6 Å². The normalized spacial score (nSPS) is 22.8. The molecular formula is C76H149NO13. The Morgan fingerprint density at radius 1 is 0.356 bits per heavy atom. The highest BCUT2D eigenvalue weighted by Crippen LogP contribution is 2.30. The Hall–Kier alpha value is -1.01. The number of aliphatic hydroxyl groups excluding tert-OH is 8. The number of amides is 1. The molecule has 0 aromatic carbocycles. The van der Waals surface area contributed by atoms with E-state index in [1.165, 1.54) is 308 Å². The average Bonchev–Trinajstić information content (AvgIpc) is 1.29. The molecule has 2 aliphatic rings. The van der Waals surface area contributed by atoms with Crippen LogP contribution in [0.1, 0.15) is 386 Å². The van der Waals surface area contributed by atoms with Crippen molar-refractivity contribution in [3.8, 4) is 0 Å². The first-order chi connectivity index (χ1) is 44.1. The van der Waals surface area contributed by atoms with Crippen molar-refractivity contribution in [2.45, 2.75) is 460 Å². The molecule has 0 aliphatic carbocycles. The van der Waals surface area contributed by atoms with Crippen LogP contribution >= 0.6 is 0 Å². The third-order valence-electron chi connectivity index (χ3n) is 19.8. The van der Waals surface area contributed by atoms with E-state index < -0.39 is 86.8 Å². The minimum Gasteiger partial charge on any atom is -0.394 e. The number of hydrogen-bond donors (Lipinski definition) is 9. The standard InChI is InChI=1S/C76H149NO13/c1-3-5-7-9-11-13-15-17-19-21-23-25-27-29-30-31-32-33-34-35-36-38-40-42-44-46-48-50-52-54-56-58-60-68(81)77-64(63-87-75-73(86)71(84)74(67(62-79)89-75)90-76-72(85)70(83)69(82)66(61-78)88-76)65(80)59-57-55-53-51-49-47-45-43-41-39-37-28-26-24-22-20-18-16-14-12-10-8-6-4-2/h64-67,69-76,78-80,82-86H,3-63H2,1-2H3,(H,77,81). The van der Waals surface area contributed by atoms with Crippen molar-refractivity contribution in [1.82, 2.24) is 5.32 Å². The van der Waals surface area contributed by atoms with Gasteiger partial charge in [-0.3, -0.25) is 4.79 Å². The molecule has 90 heavy (non-hydrogen) atoms. The van der Waals surface area contributed by atoms with Crippen LogP contribution in [0.2, 0.25) is 0 Å². The summed E-state index contributed by atoms with van der Waals surface area (Å²) in [6.07, 6.45) is 58.6. The fourth-order valence-corrected chi connectivity index (χ4v) is 13.6. The summed E-state index contributed by atoms with van der Waals surface area (Å²) in [6, 6.07) is -0.825. The van der Waals surface area contributed by atoms with E-state index >= 15 is 0 Å². The van der Waals surface area contributed by atoms with Gasteiger partial charge in [-0.05, 0) is 12.8 Å². The van der Waals surface area contributed by atoms with Gasteiger partial charge in [0.2, 0.25) is 5.91 Å². The van der Waals surface area contributed by atoms with Crippen molar-refractivity contribution in [3.63, 3.8) is 0 Å². The maximum Gasteiger partial charge on any atom is 0.220 e. The van der Waals surface area contributed by atoms with E-state index in [0.717, 1.165) is 51.4 Å². The Bertz CT molecular complexity index is 1510. The largest absolute Gasteiger partial charge is 0.394 e. The van der Waals surface area contributed by atoms with E-state index in [2.05, 4.69) is 19.2 Å². The summed E-state index contributed by atoms with van der Waals surface area (Å²) in [5, 5.41) is 87.8. The molecule has 0 aromatic heterocycles. The molecule has 1 amide bonds. The van der Waals surface area contributed by atoms with Crippen LogP contribution < -0.4 is 5.32 Å². The molecule has 0 aromatic rings. The van der Waals surface area contributed by atoms with Crippen LogP contribution in [0.25, 0.3) is 0 Å². The predicted octanol–water partition coefficient (Wildman–Crippen LogP) is 17.1. The Kier molecular flexibility index (Phi) is 58.2. The Labute approximate surface area is 553 Å². The third kappa shape index (κ3) is 44.7. The Morgan fingerprint density at radius 2 is 0.633 bits per heavy atom. The lowest BCUT2D eigenvalue weighted by Crippen LogP contribution is -2.65. The summed E-state index contributed by atoms with van der Waals surface area (Å²) < 4.78 is 23.0. The van der Waals surface area contributed by atoms with E-state index in [-0.39, 0.29) is 12.5 Å². The molecule has 2 heterocycles. The number of hydrogen-bond acceptors (Lipinski definition) is 13. The van der Waals surface area contributed by atoms with Crippen molar-refractivity contribution < 1.29 is 64.6 Å². The highest BCUT2D eigenvalue weighted by atomic mass is 16.7. The molecule has 536 valence electrons. The molecule has 2 aliphatic heterocycles. The van der Waals surface area contributed by atoms with Crippen LogP contribution in [0.5, 0.6) is 0 Å². The van der Waals surface area contributed by atoms with Crippen molar-refractivity contribution in [2.75, 3.05) is 19.8 Å². The van der Waals surface area contributed by atoms with Gasteiger partial charge in [0.1, 0.15) is 48.8 Å². The fraction of sp³-hybridized carbons (Fsp3) is 0.987. The maximum absolute atomic E-state index is 13.4. The van der Waals surface area contributed by atoms with E-state index in [0.29, 0.717) is 12.8 Å². The molecule has 2 saturated heterocycles. The first kappa shape index (κ1) is 85.1. The molecule has 14 heteroatoms. The number of unbranched alkanes of at least 4 members (excludes halogenated alkanes) is 54. The van der Waals surface area contributed by atoms with Crippen molar-refractivity contribution in [2.24, 2.45) is 0 Å². The highest BCUT2D eigenvalue weighted by Gasteiger charge is 2.51. The first-order valence-electron chi connectivity index (χ1n) is 39.3. The first-order valence-corrected chi connectivity index (χ1v) is 39.3. The van der Waals surface area contributed by atoms with E-state index in [9.17, 15) is 45.6 Å². The van der Waals surface area contributed by atoms with Crippen LogP contribution in [0, 0.1) is 0 Å². The van der Waals surface area contributed by atoms with Gasteiger partial charge in [-0.2, -0.15) is 0 Å². The Morgan fingerprint density at radius 3 is 0.944 bits per heavy atom. The summed E-state index contributed by atoms with van der Waals surface area (Å²) in [5.41, 5.74) is 0. The van der Waals surface area contributed by atoms with Crippen LogP contribution in [0.4, 0.5) is 0 Å². The zero-order valence-corrected chi connectivity index (χ0v) is 58.7. The molecule has 12 atom stereocenters. The number of carbonyl (C=O) groups is 1. The second-order valence-electron chi connectivity index (χ2n) is 28.2. The molecular weight excluding hydrogens is 1130 g/mol. The zero-order chi connectivity index (χ0) is 65.2. The zero-order valence-electron chi connectivity index (χ0n) is 58.7. The van der Waals surface area contributed by atoms with E-state index in [1.807, 2.05) is 0 Å². The van der Waals surface area contributed by atoms with Gasteiger partial charge in [0.05, 0.1) is 32.0 Å². The van der Waals surface area contributed by atoms with Gasteiger partial charge < -0.3 is 65.1 Å². The molecule has 0 saturated carbocycles. The van der Waals surface area contributed by atoms with Crippen LogP contribution in [-0.2, 0) is 23.7 Å². The summed E-state index contributed by atoms with van der Waals surface area (Å²) in [5.74, 6) is -0.195. The number of rotatable bonds is 67. The monoisotopic (exact) mass is 1280 g/mol. The molecule has 2 fully saturated rings. The topological polar surface area (TPSA) is 228 Å². The van der Waals surface area contributed by atoms with Gasteiger partial charge in [-0.25, -0.2) is 0 Å².